The third-order valence-corrected chi connectivity index (χ3v) is 4.94. The van der Waals surface area contributed by atoms with E-state index in [1.807, 2.05) is 0 Å². The molecule has 1 atom stereocenters. The molecule has 2 aromatic rings. The Balaban J connectivity index is 2.08. The van der Waals surface area contributed by atoms with Crippen molar-refractivity contribution < 1.29 is 4.74 Å². The van der Waals surface area contributed by atoms with E-state index in [4.69, 9.17) is 21.3 Å². The van der Waals surface area contributed by atoms with Crippen molar-refractivity contribution in [3.8, 4) is 0 Å². The van der Waals surface area contributed by atoms with Gasteiger partial charge in [-0.3, -0.25) is 0 Å². The summed E-state index contributed by atoms with van der Waals surface area (Å²) in [5, 5.41) is 0. The Morgan fingerprint density at radius 1 is 1.48 bits per heavy atom. The molecule has 0 bridgehead atoms. The third kappa shape index (κ3) is 3.22. The van der Waals surface area contributed by atoms with Crippen molar-refractivity contribution in [1.82, 2.24) is 9.55 Å². The first-order valence-electron chi connectivity index (χ1n) is 7.36. The summed E-state index contributed by atoms with van der Waals surface area (Å²) in [5.41, 5.74) is 2.23. The van der Waals surface area contributed by atoms with E-state index in [0.717, 1.165) is 37.2 Å². The molecule has 1 aliphatic rings. The number of ether oxygens (including phenoxy) is 1. The van der Waals surface area contributed by atoms with Crippen molar-refractivity contribution in [2.45, 2.75) is 44.8 Å². The Morgan fingerprint density at radius 3 is 3.00 bits per heavy atom. The summed E-state index contributed by atoms with van der Waals surface area (Å²) < 4.78 is 9.48. The topological polar surface area (TPSA) is 27.1 Å². The van der Waals surface area contributed by atoms with Crippen LogP contribution in [0.25, 0.3) is 11.0 Å². The minimum Gasteiger partial charge on any atom is -0.375 e. The summed E-state index contributed by atoms with van der Waals surface area (Å²) in [4.78, 5) is 4.82. The maximum Gasteiger partial charge on any atom is 0.111 e. The summed E-state index contributed by atoms with van der Waals surface area (Å²) in [6.07, 6.45) is 2.86. The molecular weight excluding hydrogens is 399 g/mol. The molecule has 1 saturated heterocycles. The van der Waals surface area contributed by atoms with E-state index in [1.165, 1.54) is 9.09 Å². The van der Waals surface area contributed by atoms with Gasteiger partial charge in [0.15, 0.2) is 0 Å². The molecule has 0 saturated carbocycles. The lowest BCUT2D eigenvalue weighted by molar-refractivity contribution is -0.0688. The van der Waals surface area contributed by atoms with Crippen molar-refractivity contribution in [2.75, 3.05) is 12.5 Å². The fraction of sp³-hybridized carbons (Fsp3) is 0.562. The first-order valence-corrected chi connectivity index (χ1v) is 8.98. The fourth-order valence-electron chi connectivity index (χ4n) is 3.21. The predicted octanol–water partition coefficient (Wildman–Crippen LogP) is 4.55. The van der Waals surface area contributed by atoms with E-state index in [0.29, 0.717) is 11.9 Å². The maximum atomic E-state index is 5.98. The highest BCUT2D eigenvalue weighted by Crippen LogP contribution is 2.35. The first kappa shape index (κ1) is 15.6. The molecule has 3 rings (SSSR count). The minimum absolute atomic E-state index is 0.0685. The largest absolute Gasteiger partial charge is 0.375 e. The predicted molar refractivity (Wildman–Crippen MR) is 95.2 cm³/mol. The summed E-state index contributed by atoms with van der Waals surface area (Å²) in [7, 11) is 0. The van der Waals surface area contributed by atoms with Gasteiger partial charge in [-0.1, -0.05) is 0 Å². The number of rotatable bonds is 3. The molecule has 5 heteroatoms. The van der Waals surface area contributed by atoms with Crippen molar-refractivity contribution in [1.29, 1.82) is 0 Å². The highest BCUT2D eigenvalue weighted by atomic mass is 127. The van der Waals surface area contributed by atoms with Gasteiger partial charge in [0, 0.05) is 28.5 Å². The van der Waals surface area contributed by atoms with Crippen molar-refractivity contribution >= 4 is 45.2 Å². The molecular formula is C16H20ClIN2O. The molecule has 0 spiro atoms. The monoisotopic (exact) mass is 418 g/mol. The molecule has 0 N–H and O–H groups in total. The summed E-state index contributed by atoms with van der Waals surface area (Å²) in [5.74, 6) is 1.71. The average molecular weight is 419 g/mol. The van der Waals surface area contributed by atoms with Crippen LogP contribution in [0, 0.1) is 3.57 Å². The Bertz CT molecular complexity index is 653. The van der Waals surface area contributed by atoms with Gasteiger partial charge in [0.2, 0.25) is 0 Å². The number of aryl methyl sites for hydroxylation is 1. The Labute approximate surface area is 144 Å². The molecule has 1 unspecified atom stereocenters. The Kier molecular flexibility index (Phi) is 4.48. The standard InChI is InChI=1S/C16H20ClIN2O/c1-16(2)10-12(6-8-21-16)20-14-4-3-11(18)9-13(14)19-15(20)5-7-17/h3-4,9,12H,5-8,10H2,1-2H3. The van der Waals surface area contributed by atoms with Gasteiger partial charge in [0.05, 0.1) is 16.6 Å². The lowest BCUT2D eigenvalue weighted by Gasteiger charge is -2.37. The first-order chi connectivity index (χ1) is 10.00. The molecule has 114 valence electrons. The van der Waals surface area contributed by atoms with E-state index in [2.05, 4.69) is 59.2 Å². The second kappa shape index (κ2) is 6.05. The number of nitrogens with zero attached hydrogens (tertiary/aromatic N) is 2. The van der Waals surface area contributed by atoms with Crippen molar-refractivity contribution in [2.24, 2.45) is 0 Å². The number of alkyl halides is 1. The Hall–Kier alpha value is -0.330. The van der Waals surface area contributed by atoms with E-state index in [-0.39, 0.29) is 5.60 Å². The molecule has 0 amide bonds. The molecule has 3 nitrogen and oxygen atoms in total. The highest BCUT2D eigenvalue weighted by molar-refractivity contribution is 14.1. The molecule has 1 aromatic heterocycles. The third-order valence-electron chi connectivity index (χ3n) is 4.08. The molecule has 21 heavy (non-hydrogen) atoms. The molecule has 0 aliphatic carbocycles. The summed E-state index contributed by atoms with van der Waals surface area (Å²) >= 11 is 8.32. The van der Waals surface area contributed by atoms with Crippen LogP contribution in [0.15, 0.2) is 18.2 Å². The second-order valence-corrected chi connectivity index (χ2v) is 7.85. The van der Waals surface area contributed by atoms with Crippen LogP contribution in [-0.4, -0.2) is 27.6 Å². The summed E-state index contributed by atoms with van der Waals surface area (Å²) in [6.45, 7) is 5.15. The quantitative estimate of drug-likeness (QED) is 0.540. The lowest BCUT2D eigenvalue weighted by Crippen LogP contribution is -2.35. The van der Waals surface area contributed by atoms with Gasteiger partial charge in [0.1, 0.15) is 5.82 Å². The second-order valence-electron chi connectivity index (χ2n) is 6.22. The SMILES string of the molecule is CC1(C)CC(n2c(CCCl)nc3cc(I)ccc32)CCO1. The van der Waals surface area contributed by atoms with Crippen LogP contribution in [0.2, 0.25) is 0 Å². The molecule has 1 aliphatic heterocycles. The number of halogens is 2. The van der Waals surface area contributed by atoms with Gasteiger partial charge in [-0.05, 0) is 67.5 Å². The number of hydrogen-bond acceptors (Lipinski definition) is 2. The van der Waals surface area contributed by atoms with Gasteiger partial charge in [-0.25, -0.2) is 4.98 Å². The number of aromatic nitrogens is 2. The van der Waals surface area contributed by atoms with Gasteiger partial charge < -0.3 is 9.30 Å². The van der Waals surface area contributed by atoms with Crippen LogP contribution in [0.5, 0.6) is 0 Å². The van der Waals surface area contributed by atoms with E-state index in [1.54, 1.807) is 0 Å². The molecule has 1 fully saturated rings. The zero-order valence-electron chi connectivity index (χ0n) is 12.4. The van der Waals surface area contributed by atoms with Crippen LogP contribution < -0.4 is 0 Å². The number of benzene rings is 1. The van der Waals surface area contributed by atoms with Crippen LogP contribution in [0.4, 0.5) is 0 Å². The fourth-order valence-corrected chi connectivity index (χ4v) is 3.85. The Morgan fingerprint density at radius 2 is 2.29 bits per heavy atom. The van der Waals surface area contributed by atoms with Gasteiger partial charge in [0.25, 0.3) is 0 Å². The van der Waals surface area contributed by atoms with Gasteiger partial charge in [-0.2, -0.15) is 0 Å². The number of fused-ring (bicyclic) bond motifs is 1. The molecule has 0 radical (unpaired) electrons. The van der Waals surface area contributed by atoms with Gasteiger partial charge in [-0.15, -0.1) is 11.6 Å². The maximum absolute atomic E-state index is 5.98. The number of hydrogen-bond donors (Lipinski definition) is 0. The van der Waals surface area contributed by atoms with Crippen LogP contribution in [0.3, 0.4) is 0 Å². The normalized spacial score (nSPS) is 21.8. The van der Waals surface area contributed by atoms with E-state index >= 15 is 0 Å². The summed E-state index contributed by atoms with van der Waals surface area (Å²) in [6, 6.07) is 6.92. The highest BCUT2D eigenvalue weighted by Gasteiger charge is 2.31. The van der Waals surface area contributed by atoms with E-state index in [9.17, 15) is 0 Å². The van der Waals surface area contributed by atoms with Crippen LogP contribution >= 0.6 is 34.2 Å². The molecule has 1 aromatic carbocycles. The molecule has 2 heterocycles. The zero-order chi connectivity index (χ0) is 15.0. The van der Waals surface area contributed by atoms with Crippen molar-refractivity contribution in [3.63, 3.8) is 0 Å². The average Bonchev–Trinajstić information content (AvgIpc) is 2.75. The minimum atomic E-state index is -0.0685. The number of imidazole rings is 1. The zero-order valence-corrected chi connectivity index (χ0v) is 15.3. The van der Waals surface area contributed by atoms with Crippen LogP contribution in [-0.2, 0) is 11.2 Å². The van der Waals surface area contributed by atoms with Crippen molar-refractivity contribution in [3.05, 3.63) is 27.6 Å². The smallest absolute Gasteiger partial charge is 0.111 e. The van der Waals surface area contributed by atoms with Crippen LogP contribution in [0.1, 0.15) is 38.6 Å². The van der Waals surface area contributed by atoms with Gasteiger partial charge >= 0.3 is 0 Å². The van der Waals surface area contributed by atoms with E-state index < -0.39 is 0 Å². The lowest BCUT2D eigenvalue weighted by atomic mass is 9.93.